The molecule has 1 atom stereocenters. The summed E-state index contributed by atoms with van der Waals surface area (Å²) in [6.07, 6.45) is 1.58. The van der Waals surface area contributed by atoms with Crippen LogP contribution in [0.4, 0.5) is 0 Å². The van der Waals surface area contributed by atoms with Crippen molar-refractivity contribution in [2.24, 2.45) is 5.16 Å². The molecule has 2 rings (SSSR count). The molecule has 19 heavy (non-hydrogen) atoms. The zero-order chi connectivity index (χ0) is 13.7. The first-order valence-electron chi connectivity index (χ1n) is 6.39. The molecule has 0 aromatic heterocycles. The van der Waals surface area contributed by atoms with Crippen molar-refractivity contribution in [2.45, 2.75) is 32.3 Å². The van der Waals surface area contributed by atoms with Crippen molar-refractivity contribution in [3.8, 4) is 5.75 Å². The van der Waals surface area contributed by atoms with E-state index in [4.69, 9.17) is 9.57 Å². The van der Waals surface area contributed by atoms with Crippen LogP contribution in [0.25, 0.3) is 0 Å². The minimum atomic E-state index is -0.652. The first-order valence-corrected chi connectivity index (χ1v) is 6.39. The van der Waals surface area contributed by atoms with Crippen LogP contribution in [0.1, 0.15) is 31.7 Å². The predicted octanol–water partition coefficient (Wildman–Crippen LogP) is 2.23. The maximum atomic E-state index is 11.7. The molecule has 0 aliphatic carbocycles. The van der Waals surface area contributed by atoms with Crippen molar-refractivity contribution < 1.29 is 19.5 Å². The summed E-state index contributed by atoms with van der Waals surface area (Å²) in [5.41, 5.74) is 1.53. The lowest BCUT2D eigenvalue weighted by atomic mass is 10.1. The Morgan fingerprint density at radius 3 is 2.89 bits per heavy atom. The van der Waals surface area contributed by atoms with E-state index in [2.05, 4.69) is 5.16 Å². The molecule has 1 aliphatic rings. The summed E-state index contributed by atoms with van der Waals surface area (Å²) in [7, 11) is 0. The third-order valence-electron chi connectivity index (χ3n) is 2.87. The Balaban J connectivity index is 1.88. The Morgan fingerprint density at radius 2 is 2.21 bits per heavy atom. The number of hydrogen-bond acceptors (Lipinski definition) is 5. The molecular weight excluding hydrogens is 246 g/mol. The van der Waals surface area contributed by atoms with Crippen LogP contribution >= 0.6 is 0 Å². The average molecular weight is 263 g/mol. The number of esters is 1. The maximum Gasteiger partial charge on any atom is 0.350 e. The fourth-order valence-corrected chi connectivity index (χ4v) is 1.74. The number of carbonyl (C=O) groups is 1. The first-order chi connectivity index (χ1) is 9.20. The zero-order valence-corrected chi connectivity index (χ0v) is 10.8. The molecule has 5 nitrogen and oxygen atoms in total. The minimum absolute atomic E-state index is 0.193. The number of benzene rings is 1. The number of unbranched alkanes of at least 4 members (excludes halogenated alkanes) is 1. The SMILES string of the molecule is CCCCOC(=O)C1CC(c2ccc(O)cc2)=NO1. The summed E-state index contributed by atoms with van der Waals surface area (Å²) in [4.78, 5) is 16.8. The highest BCUT2D eigenvalue weighted by Gasteiger charge is 2.30. The Bertz CT molecular complexity index is 467. The minimum Gasteiger partial charge on any atom is -0.508 e. The smallest absolute Gasteiger partial charge is 0.350 e. The van der Waals surface area contributed by atoms with E-state index in [1.54, 1.807) is 24.3 Å². The highest BCUT2D eigenvalue weighted by atomic mass is 16.7. The molecule has 0 spiro atoms. The van der Waals surface area contributed by atoms with Gasteiger partial charge in [-0.1, -0.05) is 18.5 Å². The normalized spacial score (nSPS) is 17.7. The van der Waals surface area contributed by atoms with Gasteiger partial charge >= 0.3 is 5.97 Å². The lowest BCUT2D eigenvalue weighted by Crippen LogP contribution is -2.24. The van der Waals surface area contributed by atoms with Gasteiger partial charge in [-0.15, -0.1) is 0 Å². The lowest BCUT2D eigenvalue weighted by Gasteiger charge is -2.07. The van der Waals surface area contributed by atoms with Crippen molar-refractivity contribution in [1.82, 2.24) is 0 Å². The Hall–Kier alpha value is -2.04. The van der Waals surface area contributed by atoms with E-state index in [-0.39, 0.29) is 11.7 Å². The molecular formula is C14H17NO4. The predicted molar refractivity (Wildman–Crippen MR) is 70.0 cm³/mol. The van der Waals surface area contributed by atoms with Crippen molar-refractivity contribution in [3.05, 3.63) is 29.8 Å². The van der Waals surface area contributed by atoms with Gasteiger partial charge in [0.1, 0.15) is 5.75 Å². The molecule has 1 aliphatic heterocycles. The van der Waals surface area contributed by atoms with Crippen LogP contribution in [0, 0.1) is 0 Å². The summed E-state index contributed by atoms with van der Waals surface area (Å²) in [6, 6.07) is 6.63. The van der Waals surface area contributed by atoms with E-state index in [0.29, 0.717) is 18.7 Å². The highest BCUT2D eigenvalue weighted by Crippen LogP contribution is 2.19. The van der Waals surface area contributed by atoms with Gasteiger partial charge in [0, 0.05) is 6.42 Å². The van der Waals surface area contributed by atoms with Crippen molar-refractivity contribution in [1.29, 1.82) is 0 Å². The number of rotatable bonds is 5. The molecule has 0 fully saturated rings. The molecule has 1 aromatic rings. The maximum absolute atomic E-state index is 11.7. The van der Waals surface area contributed by atoms with E-state index in [9.17, 15) is 9.90 Å². The number of oxime groups is 1. The van der Waals surface area contributed by atoms with Gasteiger partial charge in [-0.2, -0.15) is 0 Å². The molecule has 0 bridgehead atoms. The average Bonchev–Trinajstić information content (AvgIpc) is 2.89. The van der Waals surface area contributed by atoms with E-state index in [1.165, 1.54) is 0 Å². The van der Waals surface area contributed by atoms with Crippen LogP contribution in [0.3, 0.4) is 0 Å². The van der Waals surface area contributed by atoms with Gasteiger partial charge in [0.15, 0.2) is 0 Å². The topological polar surface area (TPSA) is 68.1 Å². The van der Waals surface area contributed by atoms with Crippen LogP contribution in [0.2, 0.25) is 0 Å². The standard InChI is InChI=1S/C14H17NO4/c1-2-3-8-18-14(17)13-9-12(15-19-13)10-4-6-11(16)7-5-10/h4-7,13,16H,2-3,8-9H2,1H3. The van der Waals surface area contributed by atoms with E-state index < -0.39 is 6.10 Å². The van der Waals surface area contributed by atoms with E-state index >= 15 is 0 Å². The summed E-state index contributed by atoms with van der Waals surface area (Å²) in [5.74, 6) is -0.176. The molecule has 1 N–H and O–H groups in total. The van der Waals surface area contributed by atoms with Gasteiger partial charge in [0.05, 0.1) is 12.3 Å². The third kappa shape index (κ3) is 3.47. The Morgan fingerprint density at radius 1 is 1.47 bits per heavy atom. The summed E-state index contributed by atoms with van der Waals surface area (Å²) in [5, 5.41) is 13.1. The van der Waals surface area contributed by atoms with Gasteiger partial charge in [0.2, 0.25) is 6.10 Å². The number of carbonyl (C=O) groups excluding carboxylic acids is 1. The van der Waals surface area contributed by atoms with Gasteiger partial charge in [0.25, 0.3) is 0 Å². The molecule has 0 saturated heterocycles. The third-order valence-corrected chi connectivity index (χ3v) is 2.87. The lowest BCUT2D eigenvalue weighted by molar-refractivity contribution is -0.155. The summed E-state index contributed by atoms with van der Waals surface area (Å²) < 4.78 is 5.09. The molecule has 102 valence electrons. The quantitative estimate of drug-likeness (QED) is 0.653. The number of nitrogens with zero attached hydrogens (tertiary/aromatic N) is 1. The Labute approximate surface area is 111 Å². The summed E-state index contributed by atoms with van der Waals surface area (Å²) >= 11 is 0. The molecule has 1 heterocycles. The largest absolute Gasteiger partial charge is 0.508 e. The van der Waals surface area contributed by atoms with Crippen molar-refractivity contribution >= 4 is 11.7 Å². The number of hydrogen-bond donors (Lipinski definition) is 1. The second kappa shape index (κ2) is 6.22. The van der Waals surface area contributed by atoms with Crippen molar-refractivity contribution in [2.75, 3.05) is 6.61 Å². The monoisotopic (exact) mass is 263 g/mol. The van der Waals surface area contributed by atoms with Gasteiger partial charge in [-0.25, -0.2) is 4.79 Å². The van der Waals surface area contributed by atoms with Crippen LogP contribution in [-0.4, -0.2) is 29.5 Å². The number of ether oxygens (including phenoxy) is 1. The van der Waals surface area contributed by atoms with Gasteiger partial charge in [-0.3, -0.25) is 0 Å². The molecule has 1 aromatic carbocycles. The van der Waals surface area contributed by atoms with Crippen LogP contribution in [0.15, 0.2) is 29.4 Å². The van der Waals surface area contributed by atoms with Crippen LogP contribution in [0.5, 0.6) is 5.75 Å². The van der Waals surface area contributed by atoms with Crippen LogP contribution in [-0.2, 0) is 14.4 Å². The molecule has 0 radical (unpaired) electrons. The highest BCUT2D eigenvalue weighted by molar-refractivity contribution is 6.03. The molecule has 0 amide bonds. The second-order valence-corrected chi connectivity index (χ2v) is 4.40. The molecule has 5 heteroatoms. The van der Waals surface area contributed by atoms with Gasteiger partial charge in [-0.05, 0) is 36.2 Å². The fraction of sp³-hybridized carbons (Fsp3) is 0.429. The van der Waals surface area contributed by atoms with E-state index in [0.717, 1.165) is 18.4 Å². The number of aromatic hydroxyl groups is 1. The zero-order valence-electron chi connectivity index (χ0n) is 10.8. The van der Waals surface area contributed by atoms with Crippen LogP contribution < -0.4 is 0 Å². The van der Waals surface area contributed by atoms with E-state index in [1.807, 2.05) is 6.92 Å². The van der Waals surface area contributed by atoms with Gasteiger partial charge < -0.3 is 14.7 Å². The van der Waals surface area contributed by atoms with Crippen molar-refractivity contribution in [3.63, 3.8) is 0 Å². The first kappa shape index (κ1) is 13.4. The second-order valence-electron chi connectivity index (χ2n) is 4.40. The fourth-order valence-electron chi connectivity index (χ4n) is 1.74. The molecule has 1 unspecified atom stereocenters. The summed E-state index contributed by atoms with van der Waals surface area (Å²) in [6.45, 7) is 2.45. The number of phenols is 1. The number of phenolic OH excluding ortho intramolecular Hbond substituents is 1. The Kier molecular flexibility index (Phi) is 4.39. The molecule has 0 saturated carbocycles.